The number of carbonyl (C=O) groups excluding carboxylic acids is 1. The van der Waals surface area contributed by atoms with E-state index in [9.17, 15) is 13.2 Å². The minimum absolute atomic E-state index is 0.0567. The van der Waals surface area contributed by atoms with Crippen molar-refractivity contribution in [2.45, 2.75) is 12.3 Å². The van der Waals surface area contributed by atoms with Gasteiger partial charge in [0.05, 0.1) is 11.7 Å². The summed E-state index contributed by atoms with van der Waals surface area (Å²) in [5, 5.41) is 0. The maximum atomic E-state index is 11.9. The van der Waals surface area contributed by atoms with Crippen LogP contribution in [0.1, 0.15) is 17.9 Å². The molecule has 0 spiro atoms. The van der Waals surface area contributed by atoms with Crippen LogP contribution in [-0.4, -0.2) is 32.8 Å². The van der Waals surface area contributed by atoms with Crippen LogP contribution in [0.5, 0.6) is 5.75 Å². The van der Waals surface area contributed by atoms with Crippen molar-refractivity contribution in [3.8, 4) is 5.75 Å². The standard InChI is InChI=1S/C12H14O4S/c1-17(14,15)7-6-11(13)10-8-16-12-5-3-2-4-9(10)12/h2-5,10H,6-8H2,1H3. The van der Waals surface area contributed by atoms with Crippen LogP contribution in [0, 0.1) is 0 Å². The number of ether oxygens (including phenoxy) is 1. The molecule has 0 saturated carbocycles. The minimum atomic E-state index is -3.09. The molecular formula is C12H14O4S. The Balaban J connectivity index is 2.08. The third kappa shape index (κ3) is 2.85. The van der Waals surface area contributed by atoms with Crippen LogP contribution in [0.4, 0.5) is 0 Å². The summed E-state index contributed by atoms with van der Waals surface area (Å²) in [4.78, 5) is 11.9. The zero-order valence-electron chi connectivity index (χ0n) is 9.55. The maximum Gasteiger partial charge on any atom is 0.147 e. The van der Waals surface area contributed by atoms with Gasteiger partial charge in [-0.15, -0.1) is 0 Å². The largest absolute Gasteiger partial charge is 0.492 e. The lowest BCUT2D eigenvalue weighted by molar-refractivity contribution is -0.120. The Morgan fingerprint density at radius 1 is 1.41 bits per heavy atom. The highest BCUT2D eigenvalue weighted by Gasteiger charge is 2.29. The van der Waals surface area contributed by atoms with Crippen molar-refractivity contribution in [3.05, 3.63) is 29.8 Å². The van der Waals surface area contributed by atoms with E-state index in [1.54, 1.807) is 0 Å². The lowest BCUT2D eigenvalue weighted by atomic mass is 9.95. The molecular weight excluding hydrogens is 240 g/mol. The predicted molar refractivity (Wildman–Crippen MR) is 64.0 cm³/mol. The number of sulfone groups is 1. The molecule has 1 atom stereocenters. The van der Waals surface area contributed by atoms with E-state index >= 15 is 0 Å². The van der Waals surface area contributed by atoms with Gasteiger partial charge in [-0.25, -0.2) is 8.42 Å². The quantitative estimate of drug-likeness (QED) is 0.809. The van der Waals surface area contributed by atoms with Crippen molar-refractivity contribution < 1.29 is 17.9 Å². The summed E-state index contributed by atoms with van der Waals surface area (Å²) >= 11 is 0. The van der Waals surface area contributed by atoms with Gasteiger partial charge in [-0.2, -0.15) is 0 Å². The first-order valence-electron chi connectivity index (χ1n) is 5.39. The van der Waals surface area contributed by atoms with E-state index in [0.717, 1.165) is 17.6 Å². The summed E-state index contributed by atoms with van der Waals surface area (Å²) < 4.78 is 27.4. The van der Waals surface area contributed by atoms with E-state index in [4.69, 9.17) is 4.74 Å². The van der Waals surface area contributed by atoms with E-state index in [0.29, 0.717) is 6.61 Å². The van der Waals surface area contributed by atoms with Crippen LogP contribution in [0.15, 0.2) is 24.3 Å². The van der Waals surface area contributed by atoms with Gasteiger partial charge >= 0.3 is 0 Å². The van der Waals surface area contributed by atoms with Crippen LogP contribution in [-0.2, 0) is 14.6 Å². The SMILES string of the molecule is CS(=O)(=O)CCC(=O)C1COc2ccccc21. The molecule has 0 radical (unpaired) electrons. The molecule has 0 aromatic heterocycles. The first-order chi connectivity index (χ1) is 7.97. The Bertz CT molecular complexity index is 533. The predicted octanol–water partition coefficient (Wildman–Crippen LogP) is 1.17. The van der Waals surface area contributed by atoms with Crippen LogP contribution >= 0.6 is 0 Å². The fraction of sp³-hybridized carbons (Fsp3) is 0.417. The van der Waals surface area contributed by atoms with E-state index in [2.05, 4.69) is 0 Å². The Morgan fingerprint density at radius 2 is 2.12 bits per heavy atom. The Hall–Kier alpha value is -1.36. The summed E-state index contributed by atoms with van der Waals surface area (Å²) in [6.07, 6.45) is 1.20. The molecule has 0 N–H and O–H groups in total. The number of rotatable bonds is 4. The van der Waals surface area contributed by atoms with Crippen LogP contribution < -0.4 is 4.74 Å². The monoisotopic (exact) mass is 254 g/mol. The first-order valence-corrected chi connectivity index (χ1v) is 7.45. The summed E-state index contributed by atoms with van der Waals surface area (Å²) in [5.41, 5.74) is 0.867. The molecule has 1 aromatic carbocycles. The Kier molecular flexibility index (Phi) is 3.19. The highest BCUT2D eigenvalue weighted by atomic mass is 32.2. The summed E-state index contributed by atoms with van der Waals surface area (Å²) in [7, 11) is -3.09. The molecule has 1 heterocycles. The smallest absolute Gasteiger partial charge is 0.147 e. The average Bonchev–Trinajstić information content (AvgIpc) is 2.68. The molecule has 0 amide bonds. The zero-order valence-corrected chi connectivity index (χ0v) is 10.4. The van der Waals surface area contributed by atoms with Crippen LogP contribution in [0.25, 0.3) is 0 Å². The van der Waals surface area contributed by atoms with Crippen LogP contribution in [0.2, 0.25) is 0 Å². The Morgan fingerprint density at radius 3 is 2.82 bits per heavy atom. The topological polar surface area (TPSA) is 60.4 Å². The maximum absolute atomic E-state index is 11.9. The van der Waals surface area contributed by atoms with Gasteiger partial charge in [0.1, 0.15) is 28.0 Å². The van der Waals surface area contributed by atoms with Gasteiger partial charge in [0.2, 0.25) is 0 Å². The third-order valence-electron chi connectivity index (χ3n) is 2.81. The van der Waals surface area contributed by atoms with Crippen molar-refractivity contribution in [2.24, 2.45) is 0 Å². The molecule has 17 heavy (non-hydrogen) atoms. The molecule has 1 unspecified atom stereocenters. The fourth-order valence-corrected chi connectivity index (χ4v) is 2.46. The summed E-state index contributed by atoms with van der Waals surface area (Å²) in [5.74, 6) is 0.253. The molecule has 0 fully saturated rings. The normalized spacial score (nSPS) is 18.5. The molecule has 1 aliphatic heterocycles. The second-order valence-electron chi connectivity index (χ2n) is 4.25. The molecule has 0 aliphatic carbocycles. The van der Waals surface area contributed by atoms with Gasteiger partial charge in [0.15, 0.2) is 0 Å². The van der Waals surface area contributed by atoms with Crippen molar-refractivity contribution >= 4 is 15.6 Å². The number of hydrogen-bond acceptors (Lipinski definition) is 4. The average molecular weight is 254 g/mol. The summed E-state index contributed by atoms with van der Waals surface area (Å²) in [6, 6.07) is 7.37. The molecule has 2 rings (SSSR count). The first kappa shape index (κ1) is 12.1. The molecule has 1 aromatic rings. The number of Topliss-reactive ketones (excluding diaryl/α,β-unsaturated/α-hetero) is 1. The molecule has 4 nitrogen and oxygen atoms in total. The Labute approximate surface area is 101 Å². The second kappa shape index (κ2) is 4.49. The summed E-state index contributed by atoms with van der Waals surface area (Å²) in [6.45, 7) is 0.321. The molecule has 1 aliphatic rings. The van der Waals surface area contributed by atoms with E-state index in [1.165, 1.54) is 0 Å². The van der Waals surface area contributed by atoms with Gasteiger partial charge in [-0.1, -0.05) is 18.2 Å². The van der Waals surface area contributed by atoms with Gasteiger partial charge in [0.25, 0.3) is 0 Å². The van der Waals surface area contributed by atoms with Crippen molar-refractivity contribution in [3.63, 3.8) is 0 Å². The van der Waals surface area contributed by atoms with Crippen molar-refractivity contribution in [1.29, 1.82) is 0 Å². The number of benzene rings is 1. The van der Waals surface area contributed by atoms with E-state index in [1.807, 2.05) is 24.3 Å². The van der Waals surface area contributed by atoms with E-state index < -0.39 is 9.84 Å². The number of carbonyl (C=O) groups is 1. The minimum Gasteiger partial charge on any atom is -0.492 e. The van der Waals surface area contributed by atoms with Gasteiger partial charge in [0, 0.05) is 18.2 Å². The third-order valence-corrected chi connectivity index (χ3v) is 3.75. The van der Waals surface area contributed by atoms with E-state index in [-0.39, 0.29) is 23.9 Å². The highest BCUT2D eigenvalue weighted by Crippen LogP contribution is 2.34. The fourth-order valence-electron chi connectivity index (χ4n) is 1.89. The molecule has 92 valence electrons. The number of fused-ring (bicyclic) bond motifs is 1. The van der Waals surface area contributed by atoms with Gasteiger partial charge in [-0.05, 0) is 6.07 Å². The molecule has 5 heteroatoms. The lowest BCUT2D eigenvalue weighted by Gasteiger charge is -2.06. The highest BCUT2D eigenvalue weighted by molar-refractivity contribution is 7.90. The van der Waals surface area contributed by atoms with Crippen molar-refractivity contribution in [1.82, 2.24) is 0 Å². The number of hydrogen-bond donors (Lipinski definition) is 0. The second-order valence-corrected chi connectivity index (χ2v) is 6.51. The lowest BCUT2D eigenvalue weighted by Crippen LogP contribution is -2.17. The van der Waals surface area contributed by atoms with Crippen LogP contribution in [0.3, 0.4) is 0 Å². The molecule has 0 saturated heterocycles. The van der Waals surface area contributed by atoms with Crippen molar-refractivity contribution in [2.75, 3.05) is 18.6 Å². The van der Waals surface area contributed by atoms with Gasteiger partial charge < -0.3 is 4.74 Å². The zero-order chi connectivity index (χ0) is 12.5. The number of ketones is 1. The molecule has 0 bridgehead atoms. The number of para-hydroxylation sites is 1. The van der Waals surface area contributed by atoms with Gasteiger partial charge in [-0.3, -0.25) is 4.79 Å².